The lowest BCUT2D eigenvalue weighted by Crippen LogP contribution is -2.37. The van der Waals surface area contributed by atoms with Crippen LogP contribution in [0.4, 0.5) is 20.6 Å². The monoisotopic (exact) mass is 310 g/mol. The van der Waals surface area contributed by atoms with Crippen molar-refractivity contribution in [2.24, 2.45) is 0 Å². The quantitative estimate of drug-likeness (QED) is 0.911. The van der Waals surface area contributed by atoms with Crippen LogP contribution in [-0.2, 0) is 9.47 Å². The number of carbonyl (C=O) groups is 1. The Hall–Kier alpha value is -1.86. The van der Waals surface area contributed by atoms with Crippen LogP contribution in [0.2, 0.25) is 0 Å². The van der Waals surface area contributed by atoms with Crippen molar-refractivity contribution in [3.63, 3.8) is 0 Å². The molecule has 1 aromatic carbocycles. The molecule has 2 saturated heterocycles. The number of ether oxygens (including phenoxy) is 2. The Bertz CT molecular complexity index is 552. The van der Waals surface area contributed by atoms with Gasteiger partial charge in [-0.25, -0.2) is 9.18 Å². The number of rotatable bonds is 3. The normalized spacial score (nSPS) is 22.1. The van der Waals surface area contributed by atoms with Gasteiger partial charge in [0, 0.05) is 13.1 Å². The van der Waals surface area contributed by atoms with Crippen LogP contribution >= 0.6 is 0 Å². The lowest BCUT2D eigenvalue weighted by atomic mass is 10.1. The van der Waals surface area contributed by atoms with E-state index in [1.54, 1.807) is 6.07 Å². The fourth-order valence-corrected chi connectivity index (χ4v) is 2.89. The molecule has 2 fully saturated rings. The van der Waals surface area contributed by atoms with Crippen LogP contribution < -0.4 is 9.80 Å². The van der Waals surface area contributed by atoms with E-state index in [0.717, 1.165) is 5.56 Å². The van der Waals surface area contributed by atoms with Gasteiger partial charge in [0.05, 0.1) is 37.7 Å². The zero-order valence-corrected chi connectivity index (χ0v) is 12.4. The molecule has 0 saturated carbocycles. The Labute approximate surface area is 128 Å². The lowest BCUT2D eigenvalue weighted by molar-refractivity contribution is 0.0963. The first-order valence-electron chi connectivity index (χ1n) is 7.32. The predicted octanol–water partition coefficient (Wildman–Crippen LogP) is 1.29. The van der Waals surface area contributed by atoms with Gasteiger partial charge >= 0.3 is 6.09 Å². The summed E-state index contributed by atoms with van der Waals surface area (Å²) in [6, 6.07) is 3.12. The summed E-state index contributed by atoms with van der Waals surface area (Å²) in [6.07, 6.45) is -1.12. The van der Waals surface area contributed by atoms with E-state index in [9.17, 15) is 9.18 Å². The third-order valence-corrected chi connectivity index (χ3v) is 3.96. The number of amides is 1. The molecule has 1 amide bonds. The fraction of sp³-hybridized carbons (Fsp3) is 0.533. The van der Waals surface area contributed by atoms with Crippen molar-refractivity contribution < 1.29 is 23.8 Å². The highest BCUT2D eigenvalue weighted by Gasteiger charge is 2.32. The highest BCUT2D eigenvalue weighted by atomic mass is 19.1. The van der Waals surface area contributed by atoms with Gasteiger partial charge in [-0.3, -0.25) is 4.90 Å². The van der Waals surface area contributed by atoms with Crippen LogP contribution in [0.5, 0.6) is 0 Å². The molecule has 6 nitrogen and oxygen atoms in total. The average molecular weight is 310 g/mol. The van der Waals surface area contributed by atoms with Crippen LogP contribution in [0.3, 0.4) is 0 Å². The van der Waals surface area contributed by atoms with E-state index in [1.807, 2.05) is 11.8 Å². The van der Waals surface area contributed by atoms with Crippen LogP contribution in [0.15, 0.2) is 12.1 Å². The van der Waals surface area contributed by atoms with Crippen molar-refractivity contribution >= 4 is 17.5 Å². The maximum absolute atomic E-state index is 14.5. The van der Waals surface area contributed by atoms with Gasteiger partial charge in [-0.2, -0.15) is 0 Å². The topological polar surface area (TPSA) is 62.2 Å². The number of morpholine rings is 1. The number of aryl methyl sites for hydroxylation is 1. The minimum atomic E-state index is -0.560. The number of carbonyl (C=O) groups excluding carboxylic acids is 1. The second-order valence-corrected chi connectivity index (χ2v) is 5.49. The van der Waals surface area contributed by atoms with E-state index in [1.165, 1.54) is 11.0 Å². The summed E-state index contributed by atoms with van der Waals surface area (Å²) >= 11 is 0. The molecule has 3 rings (SSSR count). The van der Waals surface area contributed by atoms with Gasteiger partial charge in [-0.05, 0) is 24.6 Å². The molecule has 0 spiro atoms. The van der Waals surface area contributed by atoms with Crippen LogP contribution in [0.1, 0.15) is 5.56 Å². The van der Waals surface area contributed by atoms with Gasteiger partial charge in [0.15, 0.2) is 0 Å². The summed E-state index contributed by atoms with van der Waals surface area (Å²) in [7, 11) is 0. The number of hydrogen-bond donors (Lipinski definition) is 1. The molecule has 7 heteroatoms. The standard InChI is InChI=1S/C15H19FN2O4/c1-10-6-11(18-8-12(9-19)22-15(18)20)7-13(16)14(10)17-2-4-21-5-3-17/h6-7,12,19H,2-5,8-9H2,1H3/t12-/m1/s1. The highest BCUT2D eigenvalue weighted by Crippen LogP contribution is 2.31. The average Bonchev–Trinajstić information content (AvgIpc) is 2.89. The van der Waals surface area contributed by atoms with Crippen molar-refractivity contribution in [1.29, 1.82) is 0 Å². The van der Waals surface area contributed by atoms with E-state index in [0.29, 0.717) is 37.7 Å². The fourth-order valence-electron chi connectivity index (χ4n) is 2.89. The van der Waals surface area contributed by atoms with Crippen molar-refractivity contribution in [2.45, 2.75) is 13.0 Å². The van der Waals surface area contributed by atoms with E-state index in [2.05, 4.69) is 0 Å². The minimum Gasteiger partial charge on any atom is -0.441 e. The third-order valence-electron chi connectivity index (χ3n) is 3.96. The van der Waals surface area contributed by atoms with E-state index in [-0.39, 0.29) is 19.0 Å². The minimum absolute atomic E-state index is 0.227. The van der Waals surface area contributed by atoms with Gasteiger partial charge < -0.3 is 19.5 Å². The summed E-state index contributed by atoms with van der Waals surface area (Å²) in [6.45, 7) is 4.27. The van der Waals surface area contributed by atoms with Crippen molar-refractivity contribution in [3.05, 3.63) is 23.5 Å². The van der Waals surface area contributed by atoms with Crippen molar-refractivity contribution in [1.82, 2.24) is 0 Å². The molecule has 0 aliphatic carbocycles. The Morgan fingerprint density at radius 3 is 2.68 bits per heavy atom. The zero-order chi connectivity index (χ0) is 15.7. The maximum atomic E-state index is 14.5. The SMILES string of the molecule is Cc1cc(N2C[C@H](CO)OC2=O)cc(F)c1N1CCOCC1. The Morgan fingerprint density at radius 2 is 2.09 bits per heavy atom. The lowest BCUT2D eigenvalue weighted by Gasteiger charge is -2.31. The van der Waals surface area contributed by atoms with Gasteiger partial charge in [-0.1, -0.05) is 0 Å². The molecule has 120 valence electrons. The molecule has 1 aromatic rings. The van der Waals surface area contributed by atoms with Crippen molar-refractivity contribution in [3.8, 4) is 0 Å². The number of nitrogens with zero attached hydrogens (tertiary/aromatic N) is 2. The van der Waals surface area contributed by atoms with Crippen LogP contribution in [0, 0.1) is 12.7 Å². The van der Waals surface area contributed by atoms with E-state index < -0.39 is 12.2 Å². The second-order valence-electron chi connectivity index (χ2n) is 5.49. The maximum Gasteiger partial charge on any atom is 0.414 e. The highest BCUT2D eigenvalue weighted by molar-refractivity contribution is 5.90. The zero-order valence-electron chi connectivity index (χ0n) is 12.4. The van der Waals surface area contributed by atoms with Gasteiger partial charge in [0.25, 0.3) is 0 Å². The molecule has 0 radical (unpaired) electrons. The first kappa shape index (κ1) is 15.1. The van der Waals surface area contributed by atoms with Crippen LogP contribution in [-0.4, -0.2) is 56.8 Å². The molecule has 0 unspecified atom stereocenters. The number of benzene rings is 1. The number of anilines is 2. The summed E-state index contributed by atoms with van der Waals surface area (Å²) in [4.78, 5) is 15.1. The van der Waals surface area contributed by atoms with E-state index >= 15 is 0 Å². The van der Waals surface area contributed by atoms with E-state index in [4.69, 9.17) is 14.6 Å². The molecule has 1 atom stereocenters. The van der Waals surface area contributed by atoms with Gasteiger partial charge in [0.1, 0.15) is 11.9 Å². The van der Waals surface area contributed by atoms with Gasteiger partial charge in [0.2, 0.25) is 0 Å². The largest absolute Gasteiger partial charge is 0.441 e. The first-order valence-corrected chi connectivity index (χ1v) is 7.32. The molecule has 22 heavy (non-hydrogen) atoms. The summed E-state index contributed by atoms with van der Waals surface area (Å²) in [5, 5.41) is 9.08. The molecule has 2 heterocycles. The summed E-state index contributed by atoms with van der Waals surface area (Å²) < 4.78 is 24.8. The smallest absolute Gasteiger partial charge is 0.414 e. The Balaban J connectivity index is 1.87. The molecule has 0 bridgehead atoms. The molecule has 2 aliphatic heterocycles. The second kappa shape index (κ2) is 6.10. The number of aliphatic hydroxyl groups is 1. The number of hydrogen-bond acceptors (Lipinski definition) is 5. The predicted molar refractivity (Wildman–Crippen MR) is 78.9 cm³/mol. The molecular weight excluding hydrogens is 291 g/mol. The summed E-state index contributed by atoms with van der Waals surface area (Å²) in [5.41, 5.74) is 1.77. The number of aliphatic hydroxyl groups excluding tert-OH is 1. The molecule has 2 aliphatic rings. The third kappa shape index (κ3) is 2.74. The van der Waals surface area contributed by atoms with Crippen molar-refractivity contribution in [2.75, 3.05) is 49.3 Å². The summed E-state index contributed by atoms with van der Waals surface area (Å²) in [5.74, 6) is -0.364. The molecular formula is C15H19FN2O4. The molecule has 1 N–H and O–H groups in total. The van der Waals surface area contributed by atoms with Gasteiger partial charge in [-0.15, -0.1) is 0 Å². The number of cyclic esters (lactones) is 1. The Morgan fingerprint density at radius 1 is 1.36 bits per heavy atom. The molecule has 0 aromatic heterocycles. The van der Waals surface area contributed by atoms with Crippen LogP contribution in [0.25, 0.3) is 0 Å². The first-order chi connectivity index (χ1) is 10.6. The number of halogens is 1. The Kier molecular flexibility index (Phi) is 4.17.